The number of unbranched alkanes of at least 4 members (excludes halogenated alkanes) is 2. The number of carboxylic acids is 1. The van der Waals surface area contributed by atoms with E-state index >= 15 is 0 Å². The van der Waals surface area contributed by atoms with E-state index in [1.54, 1.807) is 63.4 Å². The Hall–Kier alpha value is -7.53. The van der Waals surface area contributed by atoms with Gasteiger partial charge in [0.05, 0.1) is 13.0 Å². The molecule has 0 radical (unpaired) electrons. The number of ether oxygens (including phenoxy) is 1. The van der Waals surface area contributed by atoms with E-state index in [-0.39, 0.29) is 44.4 Å². The van der Waals surface area contributed by atoms with E-state index in [9.17, 15) is 51.9 Å². The fourth-order valence-corrected chi connectivity index (χ4v) is 8.24. The minimum absolute atomic E-state index is 0.0763. The molecule has 4 rings (SSSR count). The van der Waals surface area contributed by atoms with Gasteiger partial charge < -0.3 is 56.2 Å². The lowest BCUT2D eigenvalue weighted by molar-refractivity contribution is -0.153. The molecule has 0 aliphatic rings. The van der Waals surface area contributed by atoms with Gasteiger partial charge in [0.1, 0.15) is 41.6 Å². The number of nitrogens with one attached hydrogen (secondary N) is 6. The Balaban J connectivity index is 1.58. The molecule has 22 nitrogen and oxygen atoms in total. The van der Waals surface area contributed by atoms with Crippen LogP contribution in [0.4, 0.5) is 4.79 Å². The van der Waals surface area contributed by atoms with E-state index in [0.29, 0.717) is 36.8 Å². The van der Waals surface area contributed by atoms with E-state index in [1.165, 1.54) is 24.3 Å². The Kier molecular flexibility index (Phi) is 22.4. The number of hydrogen-bond donors (Lipinski definition) is 9. The number of rotatable bonds is 29. The normalized spacial score (nSPS) is 13.5. The maximum absolute atomic E-state index is 14.5. The Bertz CT molecular complexity index is 2670. The van der Waals surface area contributed by atoms with Crippen LogP contribution in [0.25, 0.3) is 10.9 Å². The molecule has 23 heteroatoms. The highest BCUT2D eigenvalue weighted by atomic mass is 32.3. The van der Waals surface area contributed by atoms with Crippen LogP contribution in [0.15, 0.2) is 85.1 Å². The average Bonchev–Trinajstić information content (AvgIpc) is 3.74. The lowest BCUT2D eigenvalue weighted by Gasteiger charge is -2.33. The number of carbonyl (C=O) groups excluding carboxylic acids is 7. The van der Waals surface area contributed by atoms with Crippen molar-refractivity contribution in [2.45, 2.75) is 135 Å². The van der Waals surface area contributed by atoms with E-state index < -0.39 is 107 Å². The Morgan fingerprint density at radius 1 is 0.730 bits per heavy atom. The molecule has 0 aliphatic carbocycles. The number of para-hydroxylation sites is 1. The summed E-state index contributed by atoms with van der Waals surface area (Å²) in [4.78, 5) is 113. The van der Waals surface area contributed by atoms with Crippen molar-refractivity contribution in [3.8, 4) is 5.75 Å². The predicted octanol–water partition coefficient (Wildman–Crippen LogP) is 3.38. The third kappa shape index (κ3) is 19.8. The zero-order valence-corrected chi connectivity index (χ0v) is 43.0. The molecule has 0 saturated heterocycles. The topological polar surface area (TPSA) is 335 Å². The van der Waals surface area contributed by atoms with Crippen LogP contribution >= 0.6 is 0 Å². The molecule has 7 amide bonds. The lowest BCUT2D eigenvalue weighted by atomic mass is 10.0. The summed E-state index contributed by atoms with van der Waals surface area (Å²) in [5.74, 6) is -6.61. The first-order valence-corrected chi connectivity index (χ1v) is 25.7. The first-order chi connectivity index (χ1) is 35.0. The molecule has 5 unspecified atom stereocenters. The molecule has 1 aromatic heterocycles. The maximum atomic E-state index is 14.5. The summed E-state index contributed by atoms with van der Waals surface area (Å²) in [6.07, 6.45) is 2.25. The van der Waals surface area contributed by atoms with Gasteiger partial charge in [-0.15, -0.1) is 0 Å². The quantitative estimate of drug-likeness (QED) is 0.0352. The van der Waals surface area contributed by atoms with Crippen molar-refractivity contribution in [1.82, 2.24) is 36.5 Å². The molecule has 74 heavy (non-hydrogen) atoms. The van der Waals surface area contributed by atoms with Crippen molar-refractivity contribution in [2.24, 2.45) is 5.73 Å². The standard InChI is InChI=1S/C51H68N8O14S/c1-6-8-18-38(56-46(63)40(58-50(68)72-51(3,4)5)27-33-21-23-35(24-22-33)73-74(69,70)71)45(62)54-31-44(61)55-41(28-34-30-53-37-20-14-13-17-36(34)37)47(64)57-39(19-9-7-2)48(65)59(42(49(66)67)29-43(52)60)26-25-32-15-11-10-12-16-32/h10-17,20-24,30,38-42,53H,6-9,18-19,25-29,31H2,1-5H3,(H2,52,60)(H,54,62)(H,55,61)(H,56,63)(H,57,64)(H,58,68)(H,66,67)(H,69,70,71). The van der Waals surface area contributed by atoms with Crippen LogP contribution in [0.3, 0.4) is 0 Å². The molecule has 3 aromatic carbocycles. The van der Waals surface area contributed by atoms with Crippen LogP contribution < -0.4 is 36.5 Å². The number of nitrogens with two attached hydrogens (primary N) is 1. The summed E-state index contributed by atoms with van der Waals surface area (Å²) in [6.45, 7) is 7.78. The minimum Gasteiger partial charge on any atom is -0.480 e. The van der Waals surface area contributed by atoms with Gasteiger partial charge in [-0.3, -0.25) is 33.3 Å². The summed E-state index contributed by atoms with van der Waals surface area (Å²) >= 11 is 0. The van der Waals surface area contributed by atoms with Gasteiger partial charge in [-0.1, -0.05) is 100 Å². The smallest absolute Gasteiger partial charge is 0.446 e. The van der Waals surface area contributed by atoms with Crippen LogP contribution in [-0.4, -0.2) is 124 Å². The van der Waals surface area contributed by atoms with Crippen LogP contribution in [0.5, 0.6) is 5.75 Å². The fourth-order valence-electron chi connectivity index (χ4n) is 7.89. The van der Waals surface area contributed by atoms with Gasteiger partial charge in [0, 0.05) is 36.5 Å². The number of alkyl carbamates (subject to hydrolysis) is 1. The fraction of sp³-hybridized carbons (Fsp3) is 0.451. The number of aromatic amines is 1. The van der Waals surface area contributed by atoms with Gasteiger partial charge in [0.25, 0.3) is 0 Å². The van der Waals surface area contributed by atoms with Crippen LogP contribution in [0.2, 0.25) is 0 Å². The van der Waals surface area contributed by atoms with Crippen molar-refractivity contribution in [3.05, 3.63) is 102 Å². The van der Waals surface area contributed by atoms with Crippen LogP contribution in [0.1, 0.15) is 96.3 Å². The molecule has 0 spiro atoms. The van der Waals surface area contributed by atoms with Gasteiger partial charge in [-0.2, -0.15) is 8.42 Å². The zero-order chi connectivity index (χ0) is 54.6. The molecular weight excluding hydrogens is 981 g/mol. The second-order valence-corrected chi connectivity index (χ2v) is 19.7. The first kappa shape index (κ1) is 59.0. The molecular formula is C51H68N8O14S. The number of primary amides is 1. The van der Waals surface area contributed by atoms with Gasteiger partial charge in [-0.05, 0) is 74.9 Å². The molecule has 0 fully saturated rings. The molecule has 5 atom stereocenters. The third-order valence-corrected chi connectivity index (χ3v) is 11.9. The Morgan fingerprint density at radius 2 is 1.32 bits per heavy atom. The number of amides is 7. The van der Waals surface area contributed by atoms with Crippen molar-refractivity contribution < 1.29 is 65.4 Å². The monoisotopic (exact) mass is 1050 g/mol. The van der Waals surface area contributed by atoms with Crippen molar-refractivity contribution in [1.29, 1.82) is 0 Å². The molecule has 402 valence electrons. The van der Waals surface area contributed by atoms with Crippen molar-refractivity contribution in [3.63, 3.8) is 0 Å². The molecule has 0 aliphatic heterocycles. The minimum atomic E-state index is -4.82. The predicted molar refractivity (Wildman–Crippen MR) is 272 cm³/mol. The highest BCUT2D eigenvalue weighted by molar-refractivity contribution is 7.81. The second kappa shape index (κ2) is 28.1. The second-order valence-electron chi connectivity index (χ2n) is 18.7. The average molecular weight is 1050 g/mol. The van der Waals surface area contributed by atoms with Gasteiger partial charge >= 0.3 is 22.5 Å². The number of benzene rings is 3. The third-order valence-electron chi connectivity index (χ3n) is 11.5. The number of hydrogen-bond acceptors (Lipinski definition) is 12. The number of aromatic nitrogens is 1. The first-order valence-electron chi connectivity index (χ1n) is 24.3. The van der Waals surface area contributed by atoms with Gasteiger partial charge in [0.2, 0.25) is 35.4 Å². The number of H-pyrrole nitrogens is 1. The Morgan fingerprint density at radius 3 is 1.92 bits per heavy atom. The number of fused-ring (bicyclic) bond motifs is 1. The summed E-state index contributed by atoms with van der Waals surface area (Å²) in [5.41, 5.74) is 7.07. The Labute approximate surface area is 430 Å². The molecule has 0 bridgehead atoms. The summed E-state index contributed by atoms with van der Waals surface area (Å²) in [7, 11) is -4.82. The summed E-state index contributed by atoms with van der Waals surface area (Å²) in [5, 5.41) is 24.1. The summed E-state index contributed by atoms with van der Waals surface area (Å²) in [6, 6.07) is 14.6. The SMILES string of the molecule is CCCCC(NC(=O)C(Cc1ccc(OS(=O)(=O)O)cc1)NC(=O)OC(C)(C)C)C(=O)NCC(=O)NC(Cc1c[nH]c2ccccc12)C(=O)NC(CCCC)C(=O)N(CCc1ccccc1)C(CC(N)=O)C(=O)O. The number of carbonyl (C=O) groups is 8. The van der Waals surface area contributed by atoms with Gasteiger partial charge in [-0.25, -0.2) is 9.59 Å². The number of nitrogens with zero attached hydrogens (tertiary/aromatic N) is 1. The van der Waals surface area contributed by atoms with Crippen LogP contribution in [-0.2, 0) is 68.0 Å². The molecule has 4 aromatic rings. The zero-order valence-electron chi connectivity index (χ0n) is 42.2. The number of aliphatic carboxylic acids is 1. The van der Waals surface area contributed by atoms with Gasteiger partial charge in [0.15, 0.2) is 0 Å². The van der Waals surface area contributed by atoms with Crippen molar-refractivity contribution in [2.75, 3.05) is 13.1 Å². The van der Waals surface area contributed by atoms with E-state index in [4.69, 9.17) is 15.0 Å². The van der Waals surface area contributed by atoms with Crippen LogP contribution in [0, 0.1) is 0 Å². The highest BCUT2D eigenvalue weighted by Gasteiger charge is 2.37. The molecule has 1 heterocycles. The van der Waals surface area contributed by atoms with E-state index in [1.807, 2.05) is 32.0 Å². The highest BCUT2D eigenvalue weighted by Crippen LogP contribution is 2.21. The number of carboxylic acid groups (broad SMARTS) is 1. The largest absolute Gasteiger partial charge is 0.480 e. The summed E-state index contributed by atoms with van der Waals surface area (Å²) < 4.78 is 41.3. The lowest BCUT2D eigenvalue weighted by Crippen LogP contribution is -2.59. The molecule has 10 N–H and O–H groups in total. The molecule has 0 saturated carbocycles. The van der Waals surface area contributed by atoms with E-state index in [2.05, 4.69) is 35.8 Å². The maximum Gasteiger partial charge on any atom is 0.446 e. The van der Waals surface area contributed by atoms with Crippen molar-refractivity contribution >= 4 is 68.8 Å². The van der Waals surface area contributed by atoms with E-state index in [0.717, 1.165) is 21.4 Å².